The average Bonchev–Trinajstić information content (AvgIpc) is 2.96. The number of likely N-dealkylation sites (N-methyl/N-ethyl adjacent to an activating group) is 1. The van der Waals surface area contributed by atoms with Crippen LogP contribution in [0.5, 0.6) is 11.5 Å². The minimum absolute atomic E-state index is 0.0198. The molecule has 0 aliphatic heterocycles. The van der Waals surface area contributed by atoms with E-state index in [0.717, 1.165) is 15.4 Å². The highest BCUT2D eigenvalue weighted by molar-refractivity contribution is 9.10. The van der Waals surface area contributed by atoms with E-state index in [-0.39, 0.29) is 17.3 Å². The van der Waals surface area contributed by atoms with Crippen LogP contribution in [-0.2, 0) is 26.2 Å². The number of anilines is 1. The lowest BCUT2D eigenvalue weighted by Crippen LogP contribution is -2.52. The Morgan fingerprint density at radius 2 is 1.68 bits per heavy atom. The van der Waals surface area contributed by atoms with Crippen molar-refractivity contribution in [2.45, 2.75) is 44.7 Å². The van der Waals surface area contributed by atoms with E-state index in [1.165, 1.54) is 24.1 Å². The monoisotopic (exact) mass is 645 g/mol. The number of methoxy groups -OCH3 is 2. The third kappa shape index (κ3) is 7.80. The van der Waals surface area contributed by atoms with Gasteiger partial charge < -0.3 is 19.7 Å². The third-order valence-electron chi connectivity index (χ3n) is 6.54. The smallest absolute Gasteiger partial charge is 0.264 e. The highest BCUT2D eigenvalue weighted by Gasteiger charge is 2.34. The molecule has 0 aromatic heterocycles. The normalized spacial score (nSPS) is 11.9. The summed E-state index contributed by atoms with van der Waals surface area (Å²) in [4.78, 5) is 28.6. The molecule has 0 aliphatic carbocycles. The molecule has 3 aromatic rings. The van der Waals surface area contributed by atoms with Crippen LogP contribution < -0.4 is 19.1 Å². The van der Waals surface area contributed by atoms with Crippen molar-refractivity contribution in [3.8, 4) is 11.5 Å². The first kappa shape index (κ1) is 32.0. The Morgan fingerprint density at radius 1 is 0.976 bits per heavy atom. The first-order valence-electron chi connectivity index (χ1n) is 13.2. The minimum atomic E-state index is -4.21. The molecule has 220 valence electrons. The zero-order valence-corrected chi connectivity index (χ0v) is 26.3. The average molecular weight is 647 g/mol. The van der Waals surface area contributed by atoms with Crippen LogP contribution in [0.3, 0.4) is 0 Å². The molecule has 3 rings (SSSR count). The lowest BCUT2D eigenvalue weighted by molar-refractivity contribution is -0.140. The number of nitrogens with one attached hydrogen (secondary N) is 1. The summed E-state index contributed by atoms with van der Waals surface area (Å²) in [5.41, 5.74) is 2.00. The number of halogens is 1. The van der Waals surface area contributed by atoms with Gasteiger partial charge in [0.15, 0.2) is 0 Å². The summed E-state index contributed by atoms with van der Waals surface area (Å²) >= 11 is 3.36. The molecule has 41 heavy (non-hydrogen) atoms. The fourth-order valence-corrected chi connectivity index (χ4v) is 6.49. The van der Waals surface area contributed by atoms with Gasteiger partial charge in [0, 0.05) is 13.1 Å². The van der Waals surface area contributed by atoms with Gasteiger partial charge in [0.05, 0.1) is 29.3 Å². The Hall–Kier alpha value is -3.57. The SMILES string of the molecule is CCNC(=O)[C@H](CC)N(Cc1cccc(OC)c1)C(=O)CN(c1ccc(C)cc1)S(=O)(=O)c1ccc(OC)c(Br)c1. The molecule has 0 aliphatic rings. The number of nitrogens with zero attached hydrogens (tertiary/aromatic N) is 2. The molecule has 0 fully saturated rings. The number of ether oxygens (including phenoxy) is 2. The molecule has 3 aromatic carbocycles. The largest absolute Gasteiger partial charge is 0.497 e. The number of rotatable bonds is 13. The number of carbonyl (C=O) groups is 2. The maximum atomic E-state index is 14.1. The number of hydrogen-bond donors (Lipinski definition) is 1. The molecule has 0 spiro atoms. The Bertz CT molecular complexity index is 1460. The quantitative estimate of drug-likeness (QED) is 0.283. The predicted octanol–water partition coefficient (Wildman–Crippen LogP) is 4.91. The zero-order valence-electron chi connectivity index (χ0n) is 23.9. The number of amides is 2. The van der Waals surface area contributed by atoms with Crippen LogP contribution in [0, 0.1) is 6.92 Å². The van der Waals surface area contributed by atoms with Gasteiger partial charge >= 0.3 is 0 Å². The van der Waals surface area contributed by atoms with E-state index in [9.17, 15) is 18.0 Å². The molecule has 1 N–H and O–H groups in total. The van der Waals surface area contributed by atoms with Gasteiger partial charge in [-0.3, -0.25) is 13.9 Å². The van der Waals surface area contributed by atoms with Crippen molar-refractivity contribution in [3.63, 3.8) is 0 Å². The van der Waals surface area contributed by atoms with Crippen molar-refractivity contribution in [2.24, 2.45) is 0 Å². The summed E-state index contributed by atoms with van der Waals surface area (Å²) in [6.45, 7) is 5.47. The molecule has 2 amide bonds. The van der Waals surface area contributed by atoms with Crippen molar-refractivity contribution in [3.05, 3.63) is 82.3 Å². The summed E-state index contributed by atoms with van der Waals surface area (Å²) in [7, 11) is -1.17. The summed E-state index contributed by atoms with van der Waals surface area (Å²) in [5, 5.41) is 2.80. The summed E-state index contributed by atoms with van der Waals surface area (Å²) in [6.07, 6.45) is 0.338. The summed E-state index contributed by atoms with van der Waals surface area (Å²) in [6, 6.07) is 17.7. The maximum Gasteiger partial charge on any atom is 0.264 e. The van der Waals surface area contributed by atoms with Gasteiger partial charge in [-0.15, -0.1) is 0 Å². The van der Waals surface area contributed by atoms with E-state index in [1.54, 1.807) is 62.6 Å². The van der Waals surface area contributed by atoms with E-state index >= 15 is 0 Å². The van der Waals surface area contributed by atoms with Crippen LogP contribution in [0.15, 0.2) is 76.1 Å². The van der Waals surface area contributed by atoms with Crippen molar-refractivity contribution >= 4 is 43.5 Å². The first-order chi connectivity index (χ1) is 19.5. The topological polar surface area (TPSA) is 105 Å². The zero-order chi connectivity index (χ0) is 30.2. The van der Waals surface area contributed by atoms with E-state index in [0.29, 0.717) is 34.6 Å². The molecule has 1 atom stereocenters. The number of sulfonamides is 1. The molecular weight excluding hydrogens is 610 g/mol. The molecule has 0 saturated carbocycles. The first-order valence-corrected chi connectivity index (χ1v) is 15.4. The van der Waals surface area contributed by atoms with Crippen molar-refractivity contribution in [1.29, 1.82) is 0 Å². The predicted molar refractivity (Wildman–Crippen MR) is 163 cm³/mol. The maximum absolute atomic E-state index is 14.1. The molecule has 0 heterocycles. The number of aryl methyl sites for hydroxylation is 1. The molecule has 11 heteroatoms. The van der Waals surface area contributed by atoms with E-state index in [1.807, 2.05) is 19.9 Å². The Morgan fingerprint density at radius 3 is 2.27 bits per heavy atom. The fraction of sp³-hybridized carbons (Fsp3) is 0.333. The van der Waals surface area contributed by atoms with Gasteiger partial charge in [-0.2, -0.15) is 0 Å². The van der Waals surface area contributed by atoms with Gasteiger partial charge in [0.2, 0.25) is 11.8 Å². The fourth-order valence-electron chi connectivity index (χ4n) is 4.35. The Kier molecular flexibility index (Phi) is 11.2. The summed E-state index contributed by atoms with van der Waals surface area (Å²) < 4.78 is 40.2. The van der Waals surface area contributed by atoms with Gasteiger partial charge in [0.1, 0.15) is 24.1 Å². The van der Waals surface area contributed by atoms with E-state index in [2.05, 4.69) is 21.2 Å². The van der Waals surface area contributed by atoms with Crippen LogP contribution in [0.2, 0.25) is 0 Å². The molecule has 0 saturated heterocycles. The highest BCUT2D eigenvalue weighted by atomic mass is 79.9. The van der Waals surface area contributed by atoms with Crippen LogP contribution >= 0.6 is 15.9 Å². The van der Waals surface area contributed by atoms with Crippen molar-refractivity contribution < 1.29 is 27.5 Å². The van der Waals surface area contributed by atoms with Crippen LogP contribution in [0.25, 0.3) is 0 Å². The molecule has 0 bridgehead atoms. The molecule has 0 unspecified atom stereocenters. The second-order valence-corrected chi connectivity index (χ2v) is 12.1. The van der Waals surface area contributed by atoms with Crippen LogP contribution in [-0.4, -0.2) is 58.5 Å². The highest BCUT2D eigenvalue weighted by Crippen LogP contribution is 2.31. The summed E-state index contributed by atoms with van der Waals surface area (Å²) in [5.74, 6) is 0.242. The molecule has 0 radical (unpaired) electrons. The van der Waals surface area contributed by atoms with E-state index in [4.69, 9.17) is 9.47 Å². The van der Waals surface area contributed by atoms with Gasteiger partial charge in [-0.05, 0) is 84.2 Å². The molecule has 9 nitrogen and oxygen atoms in total. The van der Waals surface area contributed by atoms with Gasteiger partial charge in [-0.25, -0.2) is 8.42 Å². The second-order valence-electron chi connectivity index (χ2n) is 9.34. The Labute approximate surface area is 250 Å². The number of hydrogen-bond acceptors (Lipinski definition) is 6. The lowest BCUT2D eigenvalue weighted by Gasteiger charge is -2.33. The number of carbonyl (C=O) groups excluding carboxylic acids is 2. The van der Waals surface area contributed by atoms with Crippen LogP contribution in [0.1, 0.15) is 31.4 Å². The third-order valence-corrected chi connectivity index (χ3v) is 8.93. The molecular formula is C30H36BrN3O6S. The van der Waals surface area contributed by atoms with Gasteiger partial charge in [0.25, 0.3) is 10.0 Å². The lowest BCUT2D eigenvalue weighted by atomic mass is 10.1. The van der Waals surface area contributed by atoms with Crippen molar-refractivity contribution in [1.82, 2.24) is 10.2 Å². The Balaban J connectivity index is 2.08. The van der Waals surface area contributed by atoms with Crippen molar-refractivity contribution in [2.75, 3.05) is 31.6 Å². The van der Waals surface area contributed by atoms with Crippen LogP contribution in [0.4, 0.5) is 5.69 Å². The second kappa shape index (κ2) is 14.4. The van der Waals surface area contributed by atoms with E-state index < -0.39 is 28.5 Å². The minimum Gasteiger partial charge on any atom is -0.497 e. The standard InChI is InChI=1S/C30H36BrN3O6S/c1-6-27(30(36)32-7-2)33(19-22-9-8-10-24(17-22)39-4)29(35)20-34(23-13-11-21(3)12-14-23)41(37,38)25-15-16-28(40-5)26(31)18-25/h8-18,27H,6-7,19-20H2,1-5H3,(H,32,36)/t27-/m0/s1. The number of benzene rings is 3. The van der Waals surface area contributed by atoms with Gasteiger partial charge in [-0.1, -0.05) is 36.8 Å².